The summed E-state index contributed by atoms with van der Waals surface area (Å²) in [6.07, 6.45) is 3.83. The molecule has 0 spiro atoms. The predicted molar refractivity (Wildman–Crippen MR) is 94.8 cm³/mol. The van der Waals surface area contributed by atoms with Gasteiger partial charge in [0, 0.05) is 29.7 Å². The van der Waals surface area contributed by atoms with Crippen LogP contribution in [0, 0.1) is 0 Å². The number of nitrogens with one attached hydrogen (secondary N) is 2. The third kappa shape index (κ3) is 5.00. The fraction of sp³-hybridized carbons (Fsp3) is 0.375. The second kappa shape index (κ2) is 8.76. The quantitative estimate of drug-likeness (QED) is 0.628. The lowest BCUT2D eigenvalue weighted by molar-refractivity contribution is 0.792. The van der Waals surface area contributed by atoms with Crippen LogP contribution in [0.25, 0.3) is 0 Å². The minimum Gasteiger partial charge on any atom is -0.356 e. The summed E-state index contributed by atoms with van der Waals surface area (Å²) in [6.45, 7) is 3.61. The summed E-state index contributed by atoms with van der Waals surface area (Å²) in [5.41, 5.74) is 1.14. The largest absolute Gasteiger partial charge is 0.356 e. The van der Waals surface area contributed by atoms with Crippen LogP contribution in [-0.2, 0) is 19.4 Å². The topological polar surface area (TPSA) is 49.3 Å². The molecule has 1 aromatic heterocycles. The van der Waals surface area contributed by atoms with E-state index in [-0.39, 0.29) is 0 Å². The Morgan fingerprint density at radius 2 is 2.14 bits per heavy atom. The number of benzene rings is 1. The molecule has 0 saturated carbocycles. The summed E-state index contributed by atoms with van der Waals surface area (Å²) in [5.74, 6) is 0.778. The van der Waals surface area contributed by atoms with Gasteiger partial charge in [-0.2, -0.15) is 0 Å². The third-order valence-corrected chi connectivity index (χ3v) is 4.74. The lowest BCUT2D eigenvalue weighted by Crippen LogP contribution is -2.37. The molecule has 0 fully saturated rings. The number of nitrogens with zero attached hydrogens (tertiary/aromatic N) is 2. The lowest BCUT2D eigenvalue weighted by Gasteiger charge is -2.11. The van der Waals surface area contributed by atoms with Gasteiger partial charge in [-0.05, 0) is 24.5 Å². The van der Waals surface area contributed by atoms with E-state index >= 15 is 0 Å². The van der Waals surface area contributed by atoms with Crippen LogP contribution in [0.5, 0.6) is 0 Å². The van der Waals surface area contributed by atoms with E-state index in [2.05, 4.69) is 27.5 Å². The van der Waals surface area contributed by atoms with Crippen LogP contribution in [0.3, 0.4) is 0 Å². The van der Waals surface area contributed by atoms with Gasteiger partial charge < -0.3 is 10.6 Å². The maximum atomic E-state index is 6.15. The van der Waals surface area contributed by atoms with Crippen molar-refractivity contribution in [1.82, 2.24) is 15.6 Å². The normalized spacial score (nSPS) is 11.5. The van der Waals surface area contributed by atoms with Gasteiger partial charge in [-0.3, -0.25) is 4.99 Å². The highest BCUT2D eigenvalue weighted by Gasteiger charge is 2.03. The minimum atomic E-state index is 0.691. The highest BCUT2D eigenvalue weighted by atomic mass is 35.5. The highest BCUT2D eigenvalue weighted by molar-refractivity contribution is 7.11. The van der Waals surface area contributed by atoms with Crippen molar-refractivity contribution in [3.05, 3.63) is 50.9 Å². The zero-order valence-electron chi connectivity index (χ0n) is 12.9. The van der Waals surface area contributed by atoms with Crippen LogP contribution in [0.4, 0.5) is 0 Å². The number of hydrogen-bond acceptors (Lipinski definition) is 3. The van der Waals surface area contributed by atoms with E-state index in [9.17, 15) is 0 Å². The molecule has 1 aromatic carbocycles. The van der Waals surface area contributed by atoms with E-state index in [0.29, 0.717) is 6.54 Å². The number of aryl methyl sites for hydroxylation is 1. The average molecular weight is 337 g/mol. The molecule has 2 rings (SSSR count). The molecule has 1 heterocycles. The minimum absolute atomic E-state index is 0.691. The lowest BCUT2D eigenvalue weighted by atomic mass is 10.1. The molecule has 0 atom stereocenters. The predicted octanol–water partition coefficient (Wildman–Crippen LogP) is 3.27. The van der Waals surface area contributed by atoms with Crippen LogP contribution >= 0.6 is 22.9 Å². The van der Waals surface area contributed by atoms with E-state index in [1.165, 1.54) is 4.88 Å². The zero-order valence-corrected chi connectivity index (χ0v) is 14.5. The molecule has 0 saturated heterocycles. The van der Waals surface area contributed by atoms with Crippen molar-refractivity contribution in [3.8, 4) is 0 Å². The van der Waals surface area contributed by atoms with Gasteiger partial charge in [0.1, 0.15) is 5.01 Å². The van der Waals surface area contributed by atoms with Crippen LogP contribution in [0.15, 0.2) is 35.5 Å². The van der Waals surface area contributed by atoms with Crippen molar-refractivity contribution in [2.75, 3.05) is 13.6 Å². The average Bonchev–Trinajstić information content (AvgIpc) is 3.00. The van der Waals surface area contributed by atoms with Crippen molar-refractivity contribution in [2.45, 2.75) is 26.3 Å². The number of rotatable bonds is 6. The van der Waals surface area contributed by atoms with E-state index in [4.69, 9.17) is 11.6 Å². The molecule has 0 aliphatic heterocycles. The van der Waals surface area contributed by atoms with E-state index in [1.54, 1.807) is 18.4 Å². The van der Waals surface area contributed by atoms with Crippen LogP contribution in [0.2, 0.25) is 5.02 Å². The molecule has 0 unspecified atom stereocenters. The monoisotopic (exact) mass is 336 g/mol. The summed E-state index contributed by atoms with van der Waals surface area (Å²) < 4.78 is 0. The first-order chi connectivity index (χ1) is 10.7. The molecule has 0 bridgehead atoms. The zero-order chi connectivity index (χ0) is 15.8. The second-order valence-electron chi connectivity index (χ2n) is 4.77. The van der Waals surface area contributed by atoms with Gasteiger partial charge in [-0.15, -0.1) is 11.3 Å². The first-order valence-corrected chi connectivity index (χ1v) is 8.54. The standard InChI is InChI=1S/C16H21ClN4S/c1-3-13-10-20-15(22-13)11-21-16(18-2)19-9-8-12-6-4-5-7-14(12)17/h4-7,10H,3,8-9,11H2,1-2H3,(H2,18,19,21). The summed E-state index contributed by atoms with van der Waals surface area (Å²) in [6, 6.07) is 7.90. The molecular weight excluding hydrogens is 316 g/mol. The molecule has 2 aromatic rings. The van der Waals surface area contributed by atoms with Gasteiger partial charge in [0.25, 0.3) is 0 Å². The number of thiazole rings is 1. The summed E-state index contributed by atoms with van der Waals surface area (Å²) >= 11 is 7.88. The smallest absolute Gasteiger partial charge is 0.191 e. The molecule has 0 radical (unpaired) electrons. The summed E-state index contributed by atoms with van der Waals surface area (Å²) in [5, 5.41) is 8.45. The van der Waals surface area contributed by atoms with Gasteiger partial charge in [0.15, 0.2) is 5.96 Å². The first-order valence-electron chi connectivity index (χ1n) is 7.34. The van der Waals surface area contributed by atoms with Gasteiger partial charge in [-0.1, -0.05) is 36.7 Å². The number of halogens is 1. The number of aliphatic imine (C=N–C) groups is 1. The van der Waals surface area contributed by atoms with Crippen molar-refractivity contribution in [1.29, 1.82) is 0 Å². The highest BCUT2D eigenvalue weighted by Crippen LogP contribution is 2.15. The van der Waals surface area contributed by atoms with Crippen molar-refractivity contribution >= 4 is 28.9 Å². The number of aromatic nitrogens is 1. The van der Waals surface area contributed by atoms with Crippen molar-refractivity contribution < 1.29 is 0 Å². The number of guanidine groups is 1. The Bertz CT molecular complexity index is 624. The fourth-order valence-corrected chi connectivity index (χ4v) is 3.02. The van der Waals surface area contributed by atoms with Crippen LogP contribution in [0.1, 0.15) is 22.4 Å². The summed E-state index contributed by atoms with van der Waals surface area (Å²) in [4.78, 5) is 9.91. The van der Waals surface area contributed by atoms with Crippen molar-refractivity contribution in [3.63, 3.8) is 0 Å². The molecule has 0 aliphatic carbocycles. The Morgan fingerprint density at radius 3 is 2.82 bits per heavy atom. The van der Waals surface area contributed by atoms with Crippen LogP contribution < -0.4 is 10.6 Å². The molecule has 22 heavy (non-hydrogen) atoms. The molecule has 4 nitrogen and oxygen atoms in total. The maximum absolute atomic E-state index is 6.15. The van der Waals surface area contributed by atoms with E-state index < -0.39 is 0 Å². The second-order valence-corrected chi connectivity index (χ2v) is 6.37. The SMILES string of the molecule is CCc1cnc(CNC(=NC)NCCc2ccccc2Cl)s1. The third-order valence-electron chi connectivity index (χ3n) is 3.23. The maximum Gasteiger partial charge on any atom is 0.191 e. The van der Waals surface area contributed by atoms with Crippen LogP contribution in [-0.4, -0.2) is 24.5 Å². The summed E-state index contributed by atoms with van der Waals surface area (Å²) in [7, 11) is 1.77. The molecule has 6 heteroatoms. The fourth-order valence-electron chi connectivity index (χ4n) is 1.99. The van der Waals surface area contributed by atoms with Gasteiger partial charge in [-0.25, -0.2) is 4.98 Å². The Kier molecular flexibility index (Phi) is 6.68. The molecular formula is C16H21ClN4S. The molecule has 2 N–H and O–H groups in total. The van der Waals surface area contributed by atoms with Gasteiger partial charge in [0.2, 0.25) is 0 Å². The molecule has 0 aliphatic rings. The first kappa shape index (κ1) is 16.8. The van der Waals surface area contributed by atoms with E-state index in [1.807, 2.05) is 30.5 Å². The number of hydrogen-bond donors (Lipinski definition) is 2. The van der Waals surface area contributed by atoms with Gasteiger partial charge >= 0.3 is 0 Å². The Balaban J connectivity index is 1.77. The molecule has 0 amide bonds. The van der Waals surface area contributed by atoms with Gasteiger partial charge in [0.05, 0.1) is 6.54 Å². The van der Waals surface area contributed by atoms with Crippen molar-refractivity contribution in [2.24, 2.45) is 4.99 Å². The Labute approximate surface area is 140 Å². The Morgan fingerprint density at radius 1 is 1.32 bits per heavy atom. The Hall–Kier alpha value is -1.59. The van der Waals surface area contributed by atoms with E-state index in [0.717, 1.165) is 40.9 Å². The molecule has 118 valence electrons.